The minimum Gasteiger partial charge on any atom is -0.481 e. The van der Waals surface area contributed by atoms with Gasteiger partial charge in [0.1, 0.15) is 0 Å². The molecule has 124 valence electrons. The van der Waals surface area contributed by atoms with Crippen molar-refractivity contribution in [2.45, 2.75) is 19.8 Å². The van der Waals surface area contributed by atoms with Crippen LogP contribution in [0.15, 0.2) is 48.5 Å². The maximum absolute atomic E-state index is 12.0. The van der Waals surface area contributed by atoms with Crippen LogP contribution in [0.4, 0.5) is 11.4 Å². The van der Waals surface area contributed by atoms with Crippen molar-refractivity contribution in [1.82, 2.24) is 0 Å². The molecule has 6 heteroatoms. The monoisotopic (exact) mass is 326 g/mol. The molecule has 0 fully saturated rings. The van der Waals surface area contributed by atoms with E-state index in [2.05, 4.69) is 10.6 Å². The van der Waals surface area contributed by atoms with Crippen molar-refractivity contribution in [2.75, 3.05) is 10.6 Å². The first-order valence-electron chi connectivity index (χ1n) is 7.39. The third-order valence-corrected chi connectivity index (χ3v) is 3.23. The second kappa shape index (κ2) is 7.92. The van der Waals surface area contributed by atoms with Crippen LogP contribution >= 0.6 is 0 Å². The first-order valence-corrected chi connectivity index (χ1v) is 7.39. The number of hydrogen-bond donors (Lipinski definition) is 3. The topological polar surface area (TPSA) is 95.5 Å². The van der Waals surface area contributed by atoms with Crippen LogP contribution in [0.5, 0.6) is 0 Å². The Bertz CT molecular complexity index is 673. The van der Waals surface area contributed by atoms with Crippen LogP contribution in [0.25, 0.3) is 0 Å². The quantitative estimate of drug-likeness (QED) is 0.760. The average Bonchev–Trinajstić information content (AvgIpc) is 2.50. The number of benzene rings is 2. The van der Waals surface area contributed by atoms with Gasteiger partial charge >= 0.3 is 5.97 Å². The predicted molar refractivity (Wildman–Crippen MR) is 90.9 cm³/mol. The van der Waals surface area contributed by atoms with E-state index >= 15 is 0 Å². The normalized spacial score (nSPS) is 10.0. The summed E-state index contributed by atoms with van der Waals surface area (Å²) >= 11 is 0. The van der Waals surface area contributed by atoms with E-state index in [0.29, 0.717) is 16.9 Å². The maximum Gasteiger partial charge on any atom is 0.307 e. The molecule has 0 bridgehead atoms. The van der Waals surface area contributed by atoms with E-state index < -0.39 is 5.97 Å². The maximum atomic E-state index is 12.0. The highest BCUT2D eigenvalue weighted by Gasteiger charge is 2.06. The lowest BCUT2D eigenvalue weighted by Crippen LogP contribution is -2.14. The Labute approximate surface area is 139 Å². The van der Waals surface area contributed by atoms with Gasteiger partial charge in [-0.05, 0) is 35.4 Å². The van der Waals surface area contributed by atoms with E-state index in [-0.39, 0.29) is 24.7 Å². The summed E-state index contributed by atoms with van der Waals surface area (Å²) in [6.45, 7) is 1.43. The lowest BCUT2D eigenvalue weighted by Gasteiger charge is -2.07. The van der Waals surface area contributed by atoms with Crippen LogP contribution in [-0.2, 0) is 27.2 Å². The Morgan fingerprint density at radius 3 is 1.71 bits per heavy atom. The zero-order valence-electron chi connectivity index (χ0n) is 13.2. The molecule has 2 aromatic rings. The summed E-state index contributed by atoms with van der Waals surface area (Å²) in [5.41, 5.74) is 2.79. The largest absolute Gasteiger partial charge is 0.481 e. The van der Waals surface area contributed by atoms with Gasteiger partial charge in [-0.2, -0.15) is 0 Å². The van der Waals surface area contributed by atoms with Crippen LogP contribution < -0.4 is 10.6 Å². The molecule has 3 N–H and O–H groups in total. The number of carboxylic acids is 1. The molecule has 0 spiro atoms. The van der Waals surface area contributed by atoms with Gasteiger partial charge in [0.05, 0.1) is 12.8 Å². The van der Waals surface area contributed by atoms with Gasteiger partial charge in [0.25, 0.3) is 0 Å². The van der Waals surface area contributed by atoms with Crippen LogP contribution in [0.3, 0.4) is 0 Å². The highest BCUT2D eigenvalue weighted by molar-refractivity contribution is 5.92. The van der Waals surface area contributed by atoms with Crippen molar-refractivity contribution < 1.29 is 19.5 Å². The van der Waals surface area contributed by atoms with Crippen LogP contribution in [0.1, 0.15) is 18.1 Å². The molecule has 0 aromatic heterocycles. The number of nitrogens with one attached hydrogen (secondary N) is 2. The molecule has 0 saturated heterocycles. The summed E-state index contributed by atoms with van der Waals surface area (Å²) in [6, 6.07) is 13.7. The van der Waals surface area contributed by atoms with Crippen molar-refractivity contribution in [3.8, 4) is 0 Å². The number of carbonyl (C=O) groups is 3. The van der Waals surface area contributed by atoms with E-state index in [4.69, 9.17) is 5.11 Å². The number of rotatable bonds is 6. The molecule has 0 heterocycles. The van der Waals surface area contributed by atoms with E-state index in [0.717, 1.165) is 5.56 Å². The Morgan fingerprint density at radius 2 is 1.25 bits per heavy atom. The van der Waals surface area contributed by atoms with Crippen LogP contribution in [0.2, 0.25) is 0 Å². The number of anilines is 2. The van der Waals surface area contributed by atoms with Crippen molar-refractivity contribution in [3.63, 3.8) is 0 Å². The first-order chi connectivity index (χ1) is 11.4. The Morgan fingerprint density at radius 1 is 0.792 bits per heavy atom. The van der Waals surface area contributed by atoms with Crippen molar-refractivity contribution >= 4 is 29.2 Å². The highest BCUT2D eigenvalue weighted by Crippen LogP contribution is 2.13. The second-order valence-electron chi connectivity index (χ2n) is 5.37. The molecule has 2 rings (SSSR count). The number of amides is 2. The van der Waals surface area contributed by atoms with Gasteiger partial charge in [-0.1, -0.05) is 24.3 Å². The fourth-order valence-electron chi connectivity index (χ4n) is 2.18. The lowest BCUT2D eigenvalue weighted by molar-refractivity contribution is -0.136. The minimum atomic E-state index is -0.894. The molecule has 0 atom stereocenters. The van der Waals surface area contributed by atoms with E-state index in [1.54, 1.807) is 48.5 Å². The van der Waals surface area contributed by atoms with Gasteiger partial charge in [-0.3, -0.25) is 14.4 Å². The minimum absolute atomic E-state index is 0.0468. The van der Waals surface area contributed by atoms with Gasteiger partial charge in [0, 0.05) is 18.3 Å². The molecule has 6 nitrogen and oxygen atoms in total. The molecule has 0 saturated carbocycles. The van der Waals surface area contributed by atoms with E-state index in [1.165, 1.54) is 6.92 Å². The summed E-state index contributed by atoms with van der Waals surface area (Å²) in [7, 11) is 0. The number of carbonyl (C=O) groups excluding carboxylic acids is 2. The standard InChI is InChI=1S/C18H18N2O4/c1-12(21)19-15-6-2-13(3-7-15)10-17(22)20-16-8-4-14(5-9-16)11-18(23)24/h2-9H,10-11H2,1H3,(H,19,21)(H,20,22)(H,23,24). The number of carboxylic acid groups (broad SMARTS) is 1. The zero-order valence-corrected chi connectivity index (χ0v) is 13.2. The van der Waals surface area contributed by atoms with Crippen LogP contribution in [-0.4, -0.2) is 22.9 Å². The van der Waals surface area contributed by atoms with Gasteiger partial charge in [0.15, 0.2) is 0 Å². The summed E-state index contributed by atoms with van der Waals surface area (Å²) in [4.78, 5) is 33.6. The number of hydrogen-bond acceptors (Lipinski definition) is 3. The SMILES string of the molecule is CC(=O)Nc1ccc(CC(=O)Nc2ccc(CC(=O)O)cc2)cc1. The Kier molecular flexibility index (Phi) is 5.68. The molecule has 0 unspecified atom stereocenters. The van der Waals surface area contributed by atoms with Crippen LogP contribution in [0, 0.1) is 0 Å². The Hall–Kier alpha value is -3.15. The van der Waals surface area contributed by atoms with Gasteiger partial charge in [0.2, 0.25) is 11.8 Å². The smallest absolute Gasteiger partial charge is 0.307 e. The molecular formula is C18H18N2O4. The first kappa shape index (κ1) is 17.2. The Balaban J connectivity index is 1.90. The van der Waals surface area contributed by atoms with Crippen molar-refractivity contribution in [1.29, 1.82) is 0 Å². The lowest BCUT2D eigenvalue weighted by atomic mass is 10.1. The third-order valence-electron chi connectivity index (χ3n) is 3.23. The van der Waals surface area contributed by atoms with Crippen molar-refractivity contribution in [2.24, 2.45) is 0 Å². The van der Waals surface area contributed by atoms with E-state index in [1.807, 2.05) is 0 Å². The zero-order chi connectivity index (χ0) is 17.5. The molecule has 0 radical (unpaired) electrons. The molecule has 2 amide bonds. The summed E-state index contributed by atoms with van der Waals surface area (Å²) in [5, 5.41) is 14.1. The fraction of sp³-hybridized carbons (Fsp3) is 0.167. The van der Waals surface area contributed by atoms with Gasteiger partial charge < -0.3 is 15.7 Å². The highest BCUT2D eigenvalue weighted by atomic mass is 16.4. The molecule has 24 heavy (non-hydrogen) atoms. The summed E-state index contributed by atoms with van der Waals surface area (Å²) < 4.78 is 0. The van der Waals surface area contributed by atoms with Crippen molar-refractivity contribution in [3.05, 3.63) is 59.7 Å². The molecule has 0 aliphatic carbocycles. The molecule has 2 aromatic carbocycles. The van der Waals surface area contributed by atoms with Gasteiger partial charge in [-0.25, -0.2) is 0 Å². The predicted octanol–water partition coefficient (Wildman–Crippen LogP) is 2.45. The van der Waals surface area contributed by atoms with Gasteiger partial charge in [-0.15, -0.1) is 0 Å². The van der Waals surface area contributed by atoms with E-state index in [9.17, 15) is 14.4 Å². The molecular weight excluding hydrogens is 308 g/mol. The second-order valence-corrected chi connectivity index (χ2v) is 5.37. The fourth-order valence-corrected chi connectivity index (χ4v) is 2.18. The molecule has 0 aliphatic rings. The number of aliphatic carboxylic acids is 1. The average molecular weight is 326 g/mol. The third kappa shape index (κ3) is 5.57. The molecule has 0 aliphatic heterocycles. The summed E-state index contributed by atoms with van der Waals surface area (Å²) in [6.07, 6.45) is 0.159. The summed E-state index contributed by atoms with van der Waals surface area (Å²) in [5.74, 6) is -1.21.